The van der Waals surface area contributed by atoms with Gasteiger partial charge in [0.15, 0.2) is 5.82 Å². The van der Waals surface area contributed by atoms with Crippen molar-refractivity contribution in [2.24, 2.45) is 11.3 Å². The maximum absolute atomic E-state index is 14.0. The van der Waals surface area contributed by atoms with Gasteiger partial charge in [-0.15, -0.1) is 0 Å². The first-order chi connectivity index (χ1) is 17.2. The molecule has 0 aromatic carbocycles. The number of rotatable bonds is 3. The van der Waals surface area contributed by atoms with Gasteiger partial charge >= 0.3 is 6.18 Å². The van der Waals surface area contributed by atoms with Crippen LogP contribution in [0.3, 0.4) is 0 Å². The number of hydrogen-bond donors (Lipinski definition) is 0. The molecular formula is C26H32F3N5O2. The van der Waals surface area contributed by atoms with Crippen LogP contribution in [0, 0.1) is 18.3 Å². The molecule has 36 heavy (non-hydrogen) atoms. The number of aryl methyl sites for hydroxylation is 1. The summed E-state index contributed by atoms with van der Waals surface area (Å²) >= 11 is 0. The summed E-state index contributed by atoms with van der Waals surface area (Å²) < 4.78 is 44.9. The zero-order valence-electron chi connectivity index (χ0n) is 20.6. The molecule has 6 rings (SSSR count). The summed E-state index contributed by atoms with van der Waals surface area (Å²) in [4.78, 5) is 26.8. The molecule has 1 amide bonds. The van der Waals surface area contributed by atoms with Crippen molar-refractivity contribution < 1.29 is 22.5 Å². The molecule has 1 saturated heterocycles. The first-order valence-corrected chi connectivity index (χ1v) is 13.1. The van der Waals surface area contributed by atoms with Gasteiger partial charge in [0.05, 0.1) is 11.0 Å². The Morgan fingerprint density at radius 1 is 1.19 bits per heavy atom. The lowest BCUT2D eigenvalue weighted by Gasteiger charge is -2.38. The molecule has 0 N–H and O–H groups in total. The zero-order chi connectivity index (χ0) is 25.1. The van der Waals surface area contributed by atoms with Crippen molar-refractivity contribution in [1.82, 2.24) is 24.9 Å². The molecule has 3 atom stereocenters. The highest BCUT2D eigenvalue weighted by Crippen LogP contribution is 2.57. The second kappa shape index (κ2) is 8.82. The highest BCUT2D eigenvalue weighted by Gasteiger charge is 2.57. The molecule has 2 aliphatic carbocycles. The molecule has 4 aliphatic rings. The van der Waals surface area contributed by atoms with Gasteiger partial charge in [0.25, 0.3) is 0 Å². The van der Waals surface area contributed by atoms with Gasteiger partial charge in [-0.05, 0) is 69.2 Å². The molecule has 0 bridgehead atoms. The number of carbonyl (C=O) groups excluding carboxylic acids is 1. The minimum absolute atomic E-state index is 0.146. The largest absolute Gasteiger partial charge is 0.417 e. The Hall–Kier alpha value is -2.49. The van der Waals surface area contributed by atoms with Gasteiger partial charge in [-0.2, -0.15) is 18.2 Å². The summed E-state index contributed by atoms with van der Waals surface area (Å²) in [6.07, 6.45) is 3.83. The third-order valence-corrected chi connectivity index (χ3v) is 9.15. The molecule has 2 aromatic rings. The fraction of sp³-hybridized carbons (Fsp3) is 0.692. The van der Waals surface area contributed by atoms with Crippen molar-refractivity contribution in [3.8, 4) is 0 Å². The van der Waals surface area contributed by atoms with Crippen LogP contribution in [0.5, 0.6) is 0 Å². The molecule has 10 heteroatoms. The molecule has 0 radical (unpaired) electrons. The van der Waals surface area contributed by atoms with E-state index in [0.29, 0.717) is 48.0 Å². The first kappa shape index (κ1) is 23.9. The lowest BCUT2D eigenvalue weighted by Crippen LogP contribution is -2.47. The molecule has 194 valence electrons. The number of alkyl halides is 3. The zero-order valence-corrected chi connectivity index (χ0v) is 20.6. The standard InChI is InChI=1S/C26H32F3N5O2/c1-16-31-23(32-36-16)17-4-8-33(9-5-17)21-12-19-3-2-7-25(19,13-21)24(35)34-10-6-22-18(15-34)11-20(14-30-22)26(27,28)29/h11,14,17,19,21H,2-10,12-13,15H2,1H3/t19-,21-,25-/m1/s1. The van der Waals surface area contributed by atoms with Crippen molar-refractivity contribution in [3.05, 3.63) is 40.8 Å². The van der Waals surface area contributed by atoms with Gasteiger partial charge in [-0.3, -0.25) is 9.78 Å². The average Bonchev–Trinajstić information content (AvgIpc) is 3.57. The molecule has 4 heterocycles. The summed E-state index contributed by atoms with van der Waals surface area (Å²) in [7, 11) is 0. The van der Waals surface area contributed by atoms with Crippen LogP contribution in [-0.4, -0.2) is 56.5 Å². The van der Waals surface area contributed by atoms with Crippen molar-refractivity contribution in [2.75, 3.05) is 19.6 Å². The lowest BCUT2D eigenvalue weighted by atomic mass is 9.78. The maximum atomic E-state index is 14.0. The number of fused-ring (bicyclic) bond motifs is 2. The topological polar surface area (TPSA) is 75.4 Å². The number of amides is 1. The summed E-state index contributed by atoms with van der Waals surface area (Å²) in [6, 6.07) is 1.56. The van der Waals surface area contributed by atoms with Crippen LogP contribution in [-0.2, 0) is 23.9 Å². The van der Waals surface area contributed by atoms with Gasteiger partial charge < -0.3 is 14.3 Å². The number of halogens is 3. The Balaban J connectivity index is 1.14. The van der Waals surface area contributed by atoms with Gasteiger partial charge in [-0.1, -0.05) is 11.6 Å². The normalized spacial score (nSPS) is 29.4. The number of likely N-dealkylation sites (tertiary alicyclic amines) is 1. The summed E-state index contributed by atoms with van der Waals surface area (Å²) in [6.45, 7) is 4.48. The summed E-state index contributed by atoms with van der Waals surface area (Å²) in [5.41, 5.74) is 0.0896. The third-order valence-electron chi connectivity index (χ3n) is 9.15. The SMILES string of the molecule is Cc1nc(C2CCN([C@@H]3C[C@H]4CCC[C@@]4(C(=O)N4CCc5ncc(C(F)(F)F)cc5C4)C3)CC2)no1. The van der Waals surface area contributed by atoms with Gasteiger partial charge in [0.1, 0.15) is 0 Å². The van der Waals surface area contributed by atoms with Gasteiger partial charge in [0.2, 0.25) is 11.8 Å². The Bertz CT molecular complexity index is 1140. The molecule has 2 saturated carbocycles. The smallest absolute Gasteiger partial charge is 0.340 e. The van der Waals surface area contributed by atoms with E-state index < -0.39 is 11.7 Å². The van der Waals surface area contributed by atoms with Crippen molar-refractivity contribution in [3.63, 3.8) is 0 Å². The van der Waals surface area contributed by atoms with Crippen LogP contribution in [0.2, 0.25) is 0 Å². The minimum atomic E-state index is -4.43. The van der Waals surface area contributed by atoms with Crippen LogP contribution in [0.15, 0.2) is 16.8 Å². The van der Waals surface area contributed by atoms with E-state index in [1.54, 1.807) is 0 Å². The second-order valence-electron chi connectivity index (χ2n) is 11.1. The summed E-state index contributed by atoms with van der Waals surface area (Å²) in [5.74, 6) is 2.22. The van der Waals surface area contributed by atoms with E-state index >= 15 is 0 Å². The van der Waals surface area contributed by atoms with Crippen LogP contribution in [0.1, 0.15) is 79.4 Å². The van der Waals surface area contributed by atoms with Crippen molar-refractivity contribution in [2.45, 2.75) is 83.0 Å². The fourth-order valence-corrected chi connectivity index (χ4v) is 7.31. The quantitative estimate of drug-likeness (QED) is 0.614. The van der Waals surface area contributed by atoms with E-state index in [1.165, 1.54) is 6.07 Å². The van der Waals surface area contributed by atoms with Crippen LogP contribution < -0.4 is 0 Å². The molecule has 0 unspecified atom stereocenters. The average molecular weight is 504 g/mol. The molecule has 3 fully saturated rings. The molecule has 0 spiro atoms. The predicted molar refractivity (Wildman–Crippen MR) is 124 cm³/mol. The predicted octanol–water partition coefficient (Wildman–Crippen LogP) is 4.51. The maximum Gasteiger partial charge on any atom is 0.417 e. The molecule has 2 aromatic heterocycles. The van der Waals surface area contributed by atoms with Gasteiger partial charge in [0, 0.05) is 50.3 Å². The molecule has 2 aliphatic heterocycles. The Morgan fingerprint density at radius 3 is 2.72 bits per heavy atom. The lowest BCUT2D eigenvalue weighted by molar-refractivity contribution is -0.144. The van der Waals surface area contributed by atoms with E-state index in [9.17, 15) is 18.0 Å². The van der Waals surface area contributed by atoms with Gasteiger partial charge in [-0.25, -0.2) is 0 Å². The number of carbonyl (C=O) groups is 1. The van der Waals surface area contributed by atoms with Crippen LogP contribution in [0.25, 0.3) is 0 Å². The molecule has 7 nitrogen and oxygen atoms in total. The van der Waals surface area contributed by atoms with E-state index in [4.69, 9.17) is 4.52 Å². The minimum Gasteiger partial charge on any atom is -0.340 e. The Morgan fingerprint density at radius 2 is 2.00 bits per heavy atom. The fourth-order valence-electron chi connectivity index (χ4n) is 7.31. The van der Waals surface area contributed by atoms with E-state index in [0.717, 1.165) is 70.1 Å². The number of hydrogen-bond acceptors (Lipinski definition) is 6. The van der Waals surface area contributed by atoms with E-state index in [2.05, 4.69) is 20.0 Å². The number of nitrogens with zero attached hydrogens (tertiary/aromatic N) is 5. The third kappa shape index (κ3) is 4.11. The van der Waals surface area contributed by atoms with Crippen LogP contribution in [0.4, 0.5) is 13.2 Å². The number of aromatic nitrogens is 3. The van der Waals surface area contributed by atoms with E-state index in [-0.39, 0.29) is 17.9 Å². The highest BCUT2D eigenvalue weighted by molar-refractivity contribution is 5.84. The summed E-state index contributed by atoms with van der Waals surface area (Å²) in [5, 5.41) is 4.11. The molecular weight excluding hydrogens is 471 g/mol. The number of piperidine rings is 1. The van der Waals surface area contributed by atoms with E-state index in [1.807, 2.05) is 11.8 Å². The first-order valence-electron chi connectivity index (χ1n) is 13.1. The second-order valence-corrected chi connectivity index (χ2v) is 11.1. The highest BCUT2D eigenvalue weighted by atomic mass is 19.4. The van der Waals surface area contributed by atoms with Crippen LogP contribution >= 0.6 is 0 Å². The van der Waals surface area contributed by atoms with Crippen molar-refractivity contribution >= 4 is 5.91 Å². The van der Waals surface area contributed by atoms with Crippen molar-refractivity contribution in [1.29, 1.82) is 0 Å². The Kier molecular flexibility index (Phi) is 5.85. The number of pyridine rings is 1. The monoisotopic (exact) mass is 503 g/mol. The Labute approximate surface area is 208 Å².